The zero-order valence-corrected chi connectivity index (χ0v) is 11.7. The smallest absolute Gasteiger partial charge is 0.337 e. The molecule has 0 aliphatic carbocycles. The van der Waals surface area contributed by atoms with Crippen LogP contribution in [-0.4, -0.2) is 30.4 Å². The third kappa shape index (κ3) is 2.40. The van der Waals surface area contributed by atoms with Gasteiger partial charge in [0.05, 0.1) is 17.6 Å². The van der Waals surface area contributed by atoms with E-state index in [4.69, 9.17) is 0 Å². The predicted octanol–water partition coefficient (Wildman–Crippen LogP) is 2.39. The van der Waals surface area contributed by atoms with Gasteiger partial charge in [-0.25, -0.2) is 14.5 Å². The molecule has 0 aliphatic rings. The van der Waals surface area contributed by atoms with Crippen molar-refractivity contribution in [3.05, 3.63) is 48.2 Å². The fraction of sp³-hybridized carbons (Fsp3) is 0.267. The summed E-state index contributed by atoms with van der Waals surface area (Å²) in [5.41, 5.74) is 1.02. The van der Waals surface area contributed by atoms with E-state index in [1.165, 1.54) is 6.33 Å². The van der Waals surface area contributed by atoms with Gasteiger partial charge in [0.25, 0.3) is 0 Å². The fourth-order valence-electron chi connectivity index (χ4n) is 2.53. The van der Waals surface area contributed by atoms with Gasteiger partial charge in [-0.05, 0) is 18.6 Å². The molecule has 0 unspecified atom stereocenters. The van der Waals surface area contributed by atoms with Crippen LogP contribution in [0.5, 0.6) is 0 Å². The first kappa shape index (κ1) is 13.4. The van der Waals surface area contributed by atoms with Crippen LogP contribution in [0.15, 0.2) is 36.8 Å². The van der Waals surface area contributed by atoms with E-state index in [9.17, 15) is 9.90 Å². The molecule has 0 spiro atoms. The Morgan fingerprint density at radius 3 is 2.95 bits per heavy atom. The van der Waals surface area contributed by atoms with Crippen LogP contribution in [0.25, 0.3) is 10.9 Å². The highest BCUT2D eigenvalue weighted by atomic mass is 16.4. The Morgan fingerprint density at radius 1 is 1.33 bits per heavy atom. The number of hydrogen-bond donors (Lipinski definition) is 1. The van der Waals surface area contributed by atoms with Gasteiger partial charge in [-0.2, -0.15) is 5.10 Å². The second kappa shape index (κ2) is 5.40. The normalized spacial score (nSPS) is 11.1. The topological polar surface area (TPSA) is 72.9 Å². The molecule has 108 valence electrons. The zero-order chi connectivity index (χ0) is 14.8. The van der Waals surface area contributed by atoms with Crippen LogP contribution in [0, 0.1) is 0 Å². The predicted molar refractivity (Wildman–Crippen MR) is 78.3 cm³/mol. The number of nitrogens with zero attached hydrogens (tertiary/aromatic N) is 4. The Morgan fingerprint density at radius 2 is 2.19 bits per heavy atom. The van der Waals surface area contributed by atoms with Gasteiger partial charge in [0.2, 0.25) is 0 Å². The quantitative estimate of drug-likeness (QED) is 0.780. The molecular weight excluding hydrogens is 268 g/mol. The van der Waals surface area contributed by atoms with E-state index in [0.717, 1.165) is 29.7 Å². The number of benzene rings is 1. The van der Waals surface area contributed by atoms with E-state index in [-0.39, 0.29) is 0 Å². The number of carboxylic acid groups (broad SMARTS) is 1. The minimum absolute atomic E-state index is 0.305. The summed E-state index contributed by atoms with van der Waals surface area (Å²) < 4.78 is 3.77. The summed E-state index contributed by atoms with van der Waals surface area (Å²) in [4.78, 5) is 15.7. The molecule has 0 aliphatic heterocycles. The van der Waals surface area contributed by atoms with Crippen molar-refractivity contribution in [1.29, 1.82) is 0 Å². The SMILES string of the molecule is CCCn1ncnc1Cn1ccc2cccc(C(=O)O)c21. The molecule has 1 N–H and O–H groups in total. The number of para-hydroxylation sites is 1. The van der Waals surface area contributed by atoms with Gasteiger partial charge in [0, 0.05) is 18.1 Å². The number of aromatic nitrogens is 4. The third-order valence-corrected chi connectivity index (χ3v) is 3.46. The van der Waals surface area contributed by atoms with Crippen molar-refractivity contribution in [3.63, 3.8) is 0 Å². The molecule has 0 radical (unpaired) electrons. The first-order chi connectivity index (χ1) is 10.2. The minimum atomic E-state index is -0.921. The Balaban J connectivity index is 2.05. The number of rotatable bonds is 5. The van der Waals surface area contributed by atoms with Crippen LogP contribution in [0.3, 0.4) is 0 Å². The van der Waals surface area contributed by atoms with Gasteiger partial charge in [-0.15, -0.1) is 0 Å². The Hall–Kier alpha value is -2.63. The van der Waals surface area contributed by atoms with Crippen molar-refractivity contribution in [1.82, 2.24) is 19.3 Å². The summed E-state index contributed by atoms with van der Waals surface area (Å²) in [6.45, 7) is 3.40. The Kier molecular flexibility index (Phi) is 3.43. The summed E-state index contributed by atoms with van der Waals surface area (Å²) in [6.07, 6.45) is 4.40. The third-order valence-electron chi connectivity index (χ3n) is 3.46. The highest BCUT2D eigenvalue weighted by Gasteiger charge is 2.13. The van der Waals surface area contributed by atoms with Gasteiger partial charge in [-0.3, -0.25) is 0 Å². The molecule has 0 saturated heterocycles. The first-order valence-corrected chi connectivity index (χ1v) is 6.88. The number of carbonyl (C=O) groups is 1. The summed E-state index contributed by atoms with van der Waals surface area (Å²) in [5.74, 6) is -0.0925. The number of aryl methyl sites for hydroxylation is 1. The van der Waals surface area contributed by atoms with Crippen molar-refractivity contribution in [2.24, 2.45) is 0 Å². The number of aromatic carboxylic acids is 1. The van der Waals surface area contributed by atoms with Gasteiger partial charge in [0.15, 0.2) is 0 Å². The van der Waals surface area contributed by atoms with Gasteiger partial charge >= 0.3 is 5.97 Å². The molecule has 21 heavy (non-hydrogen) atoms. The molecule has 0 saturated carbocycles. The van der Waals surface area contributed by atoms with Crippen LogP contribution < -0.4 is 0 Å². The highest BCUT2D eigenvalue weighted by Crippen LogP contribution is 2.21. The molecule has 3 rings (SSSR count). The van der Waals surface area contributed by atoms with E-state index < -0.39 is 5.97 Å². The molecule has 0 bridgehead atoms. The largest absolute Gasteiger partial charge is 0.478 e. The van der Waals surface area contributed by atoms with Crippen LogP contribution in [-0.2, 0) is 13.1 Å². The van der Waals surface area contributed by atoms with Crippen LogP contribution in [0.4, 0.5) is 0 Å². The monoisotopic (exact) mass is 284 g/mol. The van der Waals surface area contributed by atoms with E-state index in [1.54, 1.807) is 12.1 Å². The van der Waals surface area contributed by atoms with Crippen molar-refractivity contribution in [2.45, 2.75) is 26.4 Å². The van der Waals surface area contributed by atoms with Gasteiger partial charge in [0.1, 0.15) is 12.2 Å². The van der Waals surface area contributed by atoms with Crippen molar-refractivity contribution in [3.8, 4) is 0 Å². The molecule has 2 heterocycles. The fourth-order valence-corrected chi connectivity index (χ4v) is 2.53. The average Bonchev–Trinajstić information content (AvgIpc) is 3.07. The number of fused-ring (bicyclic) bond motifs is 1. The van der Waals surface area contributed by atoms with Crippen LogP contribution in [0.1, 0.15) is 29.5 Å². The Labute approximate surface area is 121 Å². The van der Waals surface area contributed by atoms with E-state index >= 15 is 0 Å². The molecule has 0 atom stereocenters. The van der Waals surface area contributed by atoms with Crippen molar-refractivity contribution in [2.75, 3.05) is 0 Å². The second-order valence-electron chi connectivity index (χ2n) is 4.89. The lowest BCUT2D eigenvalue weighted by atomic mass is 10.1. The lowest BCUT2D eigenvalue weighted by Crippen LogP contribution is -2.10. The number of carboxylic acids is 1. The lowest BCUT2D eigenvalue weighted by Gasteiger charge is -2.08. The van der Waals surface area contributed by atoms with Crippen molar-refractivity contribution >= 4 is 16.9 Å². The van der Waals surface area contributed by atoms with Crippen molar-refractivity contribution < 1.29 is 9.90 Å². The van der Waals surface area contributed by atoms with Gasteiger partial charge < -0.3 is 9.67 Å². The lowest BCUT2D eigenvalue weighted by molar-refractivity contribution is 0.0698. The maximum absolute atomic E-state index is 11.4. The van der Waals surface area contributed by atoms with Crippen LogP contribution >= 0.6 is 0 Å². The number of hydrogen-bond acceptors (Lipinski definition) is 3. The van der Waals surface area contributed by atoms with E-state index in [1.807, 2.05) is 27.6 Å². The summed E-state index contributed by atoms with van der Waals surface area (Å²) >= 11 is 0. The molecule has 0 amide bonds. The minimum Gasteiger partial charge on any atom is -0.478 e. The average molecular weight is 284 g/mol. The molecule has 6 heteroatoms. The Bertz CT molecular complexity index is 788. The van der Waals surface area contributed by atoms with Crippen LogP contribution in [0.2, 0.25) is 0 Å². The van der Waals surface area contributed by atoms with E-state index in [0.29, 0.717) is 12.1 Å². The maximum atomic E-state index is 11.4. The maximum Gasteiger partial charge on any atom is 0.337 e. The molecule has 3 aromatic rings. The molecule has 1 aromatic carbocycles. The first-order valence-electron chi connectivity index (χ1n) is 6.88. The summed E-state index contributed by atoms with van der Waals surface area (Å²) in [6, 6.07) is 7.21. The second-order valence-corrected chi connectivity index (χ2v) is 4.89. The summed E-state index contributed by atoms with van der Waals surface area (Å²) in [5, 5.41) is 14.5. The molecule has 6 nitrogen and oxygen atoms in total. The molecular formula is C15H16N4O2. The summed E-state index contributed by atoms with van der Waals surface area (Å²) in [7, 11) is 0. The highest BCUT2D eigenvalue weighted by molar-refractivity contribution is 6.02. The molecule has 2 aromatic heterocycles. The van der Waals surface area contributed by atoms with Gasteiger partial charge in [-0.1, -0.05) is 19.1 Å². The standard InChI is InChI=1S/C15H16N4O2/c1-2-7-19-13(16-10-17-19)9-18-8-6-11-4-3-5-12(14(11)18)15(20)21/h3-6,8,10H,2,7,9H2,1H3,(H,20,21). The zero-order valence-electron chi connectivity index (χ0n) is 11.7. The molecule has 0 fully saturated rings. The van der Waals surface area contributed by atoms with E-state index in [2.05, 4.69) is 17.0 Å².